The minimum Gasteiger partial charge on any atom is -0.397 e. The molecule has 17 heavy (non-hydrogen) atoms. The van der Waals surface area contributed by atoms with Gasteiger partial charge >= 0.3 is 0 Å². The highest BCUT2D eigenvalue weighted by molar-refractivity contribution is 9.10. The SMILES string of the molecule is Cc1cc(Br)c(F)cc1Nc1ccc(N)cn1. The fraction of sp³-hybridized carbons (Fsp3) is 0.0833. The average Bonchev–Trinajstić information content (AvgIpc) is 2.29. The summed E-state index contributed by atoms with van der Waals surface area (Å²) in [6.07, 6.45) is 1.55. The number of nitrogen functional groups attached to an aromatic ring is 1. The van der Waals surface area contributed by atoms with Gasteiger partial charge in [0.2, 0.25) is 0 Å². The molecule has 0 aliphatic heterocycles. The van der Waals surface area contributed by atoms with E-state index in [-0.39, 0.29) is 5.82 Å². The third kappa shape index (κ3) is 2.74. The molecule has 3 nitrogen and oxygen atoms in total. The van der Waals surface area contributed by atoms with Crippen molar-refractivity contribution in [2.75, 3.05) is 11.1 Å². The van der Waals surface area contributed by atoms with Crippen molar-refractivity contribution in [3.63, 3.8) is 0 Å². The molecule has 2 rings (SSSR count). The minimum absolute atomic E-state index is 0.312. The van der Waals surface area contributed by atoms with Gasteiger partial charge in [0.15, 0.2) is 0 Å². The summed E-state index contributed by atoms with van der Waals surface area (Å²) in [4.78, 5) is 4.10. The highest BCUT2D eigenvalue weighted by Crippen LogP contribution is 2.26. The van der Waals surface area contributed by atoms with Crippen molar-refractivity contribution in [3.8, 4) is 0 Å². The first-order valence-corrected chi connectivity index (χ1v) is 5.80. The standard InChI is InChI=1S/C12H11BrFN3/c1-7-4-9(13)10(14)5-11(7)17-12-3-2-8(15)6-16-12/h2-6H,15H2,1H3,(H,16,17). The number of aromatic nitrogens is 1. The lowest BCUT2D eigenvalue weighted by atomic mass is 10.2. The molecule has 0 saturated heterocycles. The monoisotopic (exact) mass is 295 g/mol. The smallest absolute Gasteiger partial charge is 0.139 e. The third-order valence-corrected chi connectivity index (χ3v) is 2.92. The number of benzene rings is 1. The molecule has 0 amide bonds. The summed E-state index contributed by atoms with van der Waals surface area (Å²) < 4.78 is 13.8. The van der Waals surface area contributed by atoms with Crippen LogP contribution in [0.25, 0.3) is 0 Å². The maximum atomic E-state index is 13.4. The maximum absolute atomic E-state index is 13.4. The van der Waals surface area contributed by atoms with Crippen LogP contribution >= 0.6 is 15.9 Å². The van der Waals surface area contributed by atoms with Crippen molar-refractivity contribution in [3.05, 3.63) is 46.3 Å². The second-order valence-corrected chi connectivity index (χ2v) is 4.54. The first-order valence-electron chi connectivity index (χ1n) is 5.00. The largest absolute Gasteiger partial charge is 0.397 e. The number of hydrogen-bond acceptors (Lipinski definition) is 3. The van der Waals surface area contributed by atoms with Crippen molar-refractivity contribution in [1.29, 1.82) is 0 Å². The van der Waals surface area contributed by atoms with Crippen LogP contribution in [0, 0.1) is 12.7 Å². The Hall–Kier alpha value is -1.62. The van der Waals surface area contributed by atoms with Crippen LogP contribution in [0.2, 0.25) is 0 Å². The second kappa shape index (κ2) is 4.71. The van der Waals surface area contributed by atoms with E-state index in [1.54, 1.807) is 24.4 Å². The van der Waals surface area contributed by atoms with E-state index in [0.717, 1.165) is 5.56 Å². The van der Waals surface area contributed by atoms with Gasteiger partial charge in [-0.05, 0) is 52.7 Å². The van der Waals surface area contributed by atoms with Gasteiger partial charge in [-0.25, -0.2) is 9.37 Å². The topological polar surface area (TPSA) is 50.9 Å². The van der Waals surface area contributed by atoms with Crippen LogP contribution in [-0.4, -0.2) is 4.98 Å². The number of nitrogens with two attached hydrogens (primary N) is 1. The normalized spacial score (nSPS) is 10.3. The fourth-order valence-corrected chi connectivity index (χ4v) is 1.86. The van der Waals surface area contributed by atoms with Gasteiger partial charge in [0, 0.05) is 5.69 Å². The zero-order valence-electron chi connectivity index (χ0n) is 9.17. The fourth-order valence-electron chi connectivity index (χ4n) is 1.40. The van der Waals surface area contributed by atoms with E-state index < -0.39 is 0 Å². The number of aryl methyl sites for hydroxylation is 1. The number of halogens is 2. The minimum atomic E-state index is -0.312. The summed E-state index contributed by atoms with van der Waals surface area (Å²) in [7, 11) is 0. The van der Waals surface area contributed by atoms with Gasteiger partial charge in [0.05, 0.1) is 16.4 Å². The van der Waals surface area contributed by atoms with E-state index in [0.29, 0.717) is 21.7 Å². The molecule has 0 aliphatic carbocycles. The third-order valence-electron chi connectivity index (χ3n) is 2.32. The van der Waals surface area contributed by atoms with E-state index in [4.69, 9.17) is 5.73 Å². The van der Waals surface area contributed by atoms with Gasteiger partial charge in [-0.1, -0.05) is 0 Å². The lowest BCUT2D eigenvalue weighted by Crippen LogP contribution is -1.97. The van der Waals surface area contributed by atoms with E-state index in [1.165, 1.54) is 6.07 Å². The molecule has 5 heteroatoms. The molecule has 0 fully saturated rings. The van der Waals surface area contributed by atoms with Crippen molar-refractivity contribution < 1.29 is 4.39 Å². The molecule has 88 valence electrons. The predicted octanol–water partition coefficient (Wildman–Crippen LogP) is 3.62. The van der Waals surface area contributed by atoms with Gasteiger partial charge < -0.3 is 11.1 Å². The molecule has 0 atom stereocenters. The summed E-state index contributed by atoms with van der Waals surface area (Å²) in [6.45, 7) is 1.89. The van der Waals surface area contributed by atoms with Crippen molar-refractivity contribution in [1.82, 2.24) is 4.98 Å². The van der Waals surface area contributed by atoms with Crippen molar-refractivity contribution >= 4 is 33.1 Å². The van der Waals surface area contributed by atoms with Crippen LogP contribution in [0.3, 0.4) is 0 Å². The molecule has 0 spiro atoms. The summed E-state index contributed by atoms with van der Waals surface area (Å²) in [6, 6.07) is 6.63. The average molecular weight is 296 g/mol. The predicted molar refractivity (Wildman–Crippen MR) is 70.8 cm³/mol. The highest BCUT2D eigenvalue weighted by atomic mass is 79.9. The zero-order valence-corrected chi connectivity index (χ0v) is 10.8. The van der Waals surface area contributed by atoms with Crippen LogP contribution in [0.4, 0.5) is 21.6 Å². The van der Waals surface area contributed by atoms with Crippen LogP contribution in [0.15, 0.2) is 34.9 Å². The summed E-state index contributed by atoms with van der Waals surface area (Å²) in [5.41, 5.74) is 7.74. The molecule has 2 aromatic rings. The Morgan fingerprint density at radius 2 is 2.12 bits per heavy atom. The molecule has 0 aliphatic rings. The van der Waals surface area contributed by atoms with Gasteiger partial charge in [-0.2, -0.15) is 0 Å². The van der Waals surface area contributed by atoms with Crippen LogP contribution in [0.5, 0.6) is 0 Å². The second-order valence-electron chi connectivity index (χ2n) is 3.68. The van der Waals surface area contributed by atoms with E-state index in [1.807, 2.05) is 6.92 Å². The Morgan fingerprint density at radius 3 is 2.76 bits per heavy atom. The zero-order chi connectivity index (χ0) is 12.4. The lowest BCUT2D eigenvalue weighted by molar-refractivity contribution is 0.621. The van der Waals surface area contributed by atoms with E-state index >= 15 is 0 Å². The van der Waals surface area contributed by atoms with Gasteiger partial charge in [0.25, 0.3) is 0 Å². The first kappa shape index (κ1) is 11.9. The molecular formula is C12H11BrFN3. The Morgan fingerprint density at radius 1 is 1.35 bits per heavy atom. The number of hydrogen-bond donors (Lipinski definition) is 2. The molecule has 0 bridgehead atoms. The molecule has 0 unspecified atom stereocenters. The van der Waals surface area contributed by atoms with Crippen LogP contribution in [0.1, 0.15) is 5.56 Å². The summed E-state index contributed by atoms with van der Waals surface area (Å²) >= 11 is 3.14. The number of nitrogens with zero attached hydrogens (tertiary/aromatic N) is 1. The Labute approximate surface area is 107 Å². The number of anilines is 3. The molecule has 1 heterocycles. The number of nitrogens with one attached hydrogen (secondary N) is 1. The molecule has 1 aromatic carbocycles. The lowest BCUT2D eigenvalue weighted by Gasteiger charge is -2.09. The number of pyridine rings is 1. The van der Waals surface area contributed by atoms with Gasteiger partial charge in [-0.3, -0.25) is 0 Å². The summed E-state index contributed by atoms with van der Waals surface area (Å²) in [5, 5.41) is 3.04. The molecular weight excluding hydrogens is 285 g/mol. The van der Waals surface area contributed by atoms with E-state index in [9.17, 15) is 4.39 Å². The summed E-state index contributed by atoms with van der Waals surface area (Å²) in [5.74, 6) is 0.317. The quantitative estimate of drug-likeness (QED) is 0.890. The maximum Gasteiger partial charge on any atom is 0.139 e. The Bertz CT molecular complexity index is 540. The first-order chi connectivity index (χ1) is 8.06. The number of rotatable bonds is 2. The van der Waals surface area contributed by atoms with Gasteiger partial charge in [-0.15, -0.1) is 0 Å². The van der Waals surface area contributed by atoms with Crippen LogP contribution < -0.4 is 11.1 Å². The Balaban J connectivity index is 2.30. The Kier molecular flexibility index (Phi) is 3.28. The van der Waals surface area contributed by atoms with Gasteiger partial charge in [0.1, 0.15) is 11.6 Å². The highest BCUT2D eigenvalue weighted by Gasteiger charge is 2.05. The van der Waals surface area contributed by atoms with Crippen molar-refractivity contribution in [2.24, 2.45) is 0 Å². The van der Waals surface area contributed by atoms with Crippen LogP contribution in [-0.2, 0) is 0 Å². The molecule has 0 saturated carbocycles. The van der Waals surface area contributed by atoms with E-state index in [2.05, 4.69) is 26.2 Å². The molecule has 0 radical (unpaired) electrons. The molecule has 1 aromatic heterocycles. The van der Waals surface area contributed by atoms with Crippen molar-refractivity contribution in [2.45, 2.75) is 6.92 Å². The molecule has 3 N–H and O–H groups in total.